The highest BCUT2D eigenvalue weighted by molar-refractivity contribution is 14.1. The van der Waals surface area contributed by atoms with Gasteiger partial charge in [-0.15, -0.1) is 0 Å². The summed E-state index contributed by atoms with van der Waals surface area (Å²) in [6, 6.07) is 4.68. The lowest BCUT2D eigenvalue weighted by molar-refractivity contribution is -0.137. The van der Waals surface area contributed by atoms with Gasteiger partial charge in [0, 0.05) is 0 Å². The zero-order valence-electron chi connectivity index (χ0n) is 8.37. The summed E-state index contributed by atoms with van der Waals surface area (Å²) in [5, 5.41) is 3.98. The van der Waals surface area contributed by atoms with E-state index in [1.165, 1.54) is 16.8 Å². The number of halogens is 4. The SMILES string of the molecule is Nc1c(I)cnn1-c1ccc(C(F)(F)F)cc1. The summed E-state index contributed by atoms with van der Waals surface area (Å²) < 4.78 is 39.2. The molecule has 3 nitrogen and oxygen atoms in total. The van der Waals surface area contributed by atoms with Crippen LogP contribution in [0.4, 0.5) is 19.0 Å². The summed E-state index contributed by atoms with van der Waals surface area (Å²) in [5.41, 5.74) is 5.53. The van der Waals surface area contributed by atoms with E-state index in [4.69, 9.17) is 5.73 Å². The van der Waals surface area contributed by atoms with Crippen LogP contribution in [-0.2, 0) is 6.18 Å². The number of hydrogen-bond acceptors (Lipinski definition) is 2. The van der Waals surface area contributed by atoms with E-state index >= 15 is 0 Å². The molecule has 1 aromatic carbocycles. The van der Waals surface area contributed by atoms with Crippen LogP contribution in [0.3, 0.4) is 0 Å². The zero-order valence-corrected chi connectivity index (χ0v) is 10.5. The molecule has 0 radical (unpaired) electrons. The third kappa shape index (κ3) is 2.38. The van der Waals surface area contributed by atoms with E-state index in [0.717, 1.165) is 15.7 Å². The summed E-state index contributed by atoms with van der Waals surface area (Å²) in [5.74, 6) is 0.408. The highest BCUT2D eigenvalue weighted by Gasteiger charge is 2.30. The topological polar surface area (TPSA) is 43.8 Å². The van der Waals surface area contributed by atoms with Crippen molar-refractivity contribution >= 4 is 28.4 Å². The minimum atomic E-state index is -4.33. The maximum atomic E-state index is 12.4. The molecule has 2 N–H and O–H groups in total. The number of aromatic nitrogens is 2. The molecule has 90 valence electrons. The van der Waals surface area contributed by atoms with Crippen molar-refractivity contribution in [3.63, 3.8) is 0 Å². The van der Waals surface area contributed by atoms with Gasteiger partial charge in [0.1, 0.15) is 5.82 Å². The van der Waals surface area contributed by atoms with Gasteiger partial charge in [-0.05, 0) is 46.9 Å². The lowest BCUT2D eigenvalue weighted by atomic mass is 10.2. The first-order valence-corrected chi connectivity index (χ1v) is 5.64. The van der Waals surface area contributed by atoms with E-state index in [-0.39, 0.29) is 0 Å². The van der Waals surface area contributed by atoms with Crippen LogP contribution in [0.2, 0.25) is 0 Å². The summed E-state index contributed by atoms with van der Waals surface area (Å²) in [6.45, 7) is 0. The number of benzene rings is 1. The van der Waals surface area contributed by atoms with Gasteiger partial charge in [-0.1, -0.05) is 0 Å². The number of rotatable bonds is 1. The number of nitrogen functional groups attached to an aromatic ring is 1. The Morgan fingerprint density at radius 2 is 1.76 bits per heavy atom. The lowest BCUT2D eigenvalue weighted by Crippen LogP contribution is -2.06. The Hall–Kier alpha value is -1.25. The van der Waals surface area contributed by atoms with Gasteiger partial charge in [0.15, 0.2) is 0 Å². The quantitative estimate of drug-likeness (QED) is 0.801. The monoisotopic (exact) mass is 353 g/mol. The predicted molar refractivity (Wildman–Crippen MR) is 65.7 cm³/mol. The van der Waals surface area contributed by atoms with Crippen LogP contribution < -0.4 is 5.73 Å². The van der Waals surface area contributed by atoms with Crippen LogP contribution in [0.25, 0.3) is 5.69 Å². The molecule has 7 heteroatoms. The molecule has 0 spiro atoms. The minimum absolute atomic E-state index is 0.408. The molecule has 0 amide bonds. The zero-order chi connectivity index (χ0) is 12.6. The Morgan fingerprint density at radius 3 is 2.18 bits per heavy atom. The molecule has 0 fully saturated rings. The first kappa shape index (κ1) is 12.2. The number of nitrogens with zero attached hydrogens (tertiary/aromatic N) is 2. The number of hydrogen-bond donors (Lipinski definition) is 1. The van der Waals surface area contributed by atoms with Crippen LogP contribution in [0.1, 0.15) is 5.56 Å². The lowest BCUT2D eigenvalue weighted by Gasteiger charge is -2.08. The highest BCUT2D eigenvalue weighted by Crippen LogP contribution is 2.30. The molecule has 0 aliphatic heterocycles. The third-order valence-electron chi connectivity index (χ3n) is 2.20. The van der Waals surface area contributed by atoms with Crippen molar-refractivity contribution in [3.8, 4) is 5.69 Å². The van der Waals surface area contributed by atoms with Crippen molar-refractivity contribution < 1.29 is 13.2 Å². The molecule has 1 aromatic heterocycles. The van der Waals surface area contributed by atoms with Gasteiger partial charge in [0.2, 0.25) is 0 Å². The molecule has 0 aliphatic rings. The molecule has 2 rings (SSSR count). The van der Waals surface area contributed by atoms with Crippen LogP contribution in [0, 0.1) is 3.57 Å². The maximum absolute atomic E-state index is 12.4. The van der Waals surface area contributed by atoms with Crippen LogP contribution in [0.15, 0.2) is 30.5 Å². The molecule has 0 atom stereocenters. The van der Waals surface area contributed by atoms with E-state index in [2.05, 4.69) is 5.10 Å². The molecule has 1 heterocycles. The number of nitrogens with two attached hydrogens (primary N) is 1. The largest absolute Gasteiger partial charge is 0.416 e. The fourth-order valence-electron chi connectivity index (χ4n) is 1.34. The average Bonchev–Trinajstić information content (AvgIpc) is 2.59. The summed E-state index contributed by atoms with van der Waals surface area (Å²) in [6.07, 6.45) is -2.78. The smallest absolute Gasteiger partial charge is 0.383 e. The summed E-state index contributed by atoms with van der Waals surface area (Å²) in [7, 11) is 0. The Labute approximate surface area is 109 Å². The molecular weight excluding hydrogens is 346 g/mol. The molecule has 17 heavy (non-hydrogen) atoms. The number of alkyl halides is 3. The first-order valence-electron chi connectivity index (χ1n) is 4.56. The van der Waals surface area contributed by atoms with Gasteiger partial charge in [-0.2, -0.15) is 18.3 Å². The van der Waals surface area contributed by atoms with Crippen molar-refractivity contribution in [2.75, 3.05) is 5.73 Å². The molecule has 0 unspecified atom stereocenters. The second-order valence-corrected chi connectivity index (χ2v) is 4.50. The van der Waals surface area contributed by atoms with E-state index in [1.54, 1.807) is 6.20 Å². The van der Waals surface area contributed by atoms with Gasteiger partial charge < -0.3 is 5.73 Å². The minimum Gasteiger partial charge on any atom is -0.383 e. The second kappa shape index (κ2) is 4.21. The van der Waals surface area contributed by atoms with Gasteiger partial charge in [-0.25, -0.2) is 4.68 Å². The van der Waals surface area contributed by atoms with Gasteiger partial charge in [-0.3, -0.25) is 0 Å². The Morgan fingerprint density at radius 1 is 1.18 bits per heavy atom. The standard InChI is InChI=1S/C10H7F3IN3/c11-10(12,13)6-1-3-7(4-2-6)17-9(15)8(14)5-16-17/h1-5H,15H2. The van der Waals surface area contributed by atoms with E-state index in [9.17, 15) is 13.2 Å². The van der Waals surface area contributed by atoms with Crippen LogP contribution in [0.5, 0.6) is 0 Å². The number of anilines is 1. The maximum Gasteiger partial charge on any atom is 0.416 e. The molecule has 0 saturated carbocycles. The Kier molecular flexibility index (Phi) is 3.02. The van der Waals surface area contributed by atoms with E-state index in [1.807, 2.05) is 22.6 Å². The highest BCUT2D eigenvalue weighted by atomic mass is 127. The summed E-state index contributed by atoms with van der Waals surface area (Å²) >= 11 is 2.00. The molecule has 2 aromatic rings. The third-order valence-corrected chi connectivity index (χ3v) is 3.03. The average molecular weight is 353 g/mol. The normalized spacial score (nSPS) is 11.8. The fraction of sp³-hybridized carbons (Fsp3) is 0.100. The van der Waals surface area contributed by atoms with Crippen molar-refractivity contribution in [1.82, 2.24) is 9.78 Å². The van der Waals surface area contributed by atoms with Crippen molar-refractivity contribution in [3.05, 3.63) is 39.6 Å². The van der Waals surface area contributed by atoms with E-state index < -0.39 is 11.7 Å². The van der Waals surface area contributed by atoms with Crippen molar-refractivity contribution in [1.29, 1.82) is 0 Å². The van der Waals surface area contributed by atoms with Gasteiger partial charge in [0.05, 0.1) is 21.0 Å². The van der Waals surface area contributed by atoms with Crippen molar-refractivity contribution in [2.45, 2.75) is 6.18 Å². The Balaban J connectivity index is 2.40. The van der Waals surface area contributed by atoms with Crippen LogP contribution >= 0.6 is 22.6 Å². The Bertz CT molecular complexity index is 531. The molecule has 0 aliphatic carbocycles. The molecule has 0 bridgehead atoms. The second-order valence-electron chi connectivity index (χ2n) is 3.33. The fourth-order valence-corrected chi connectivity index (χ4v) is 1.69. The van der Waals surface area contributed by atoms with E-state index in [0.29, 0.717) is 11.5 Å². The molecular formula is C10H7F3IN3. The van der Waals surface area contributed by atoms with Crippen molar-refractivity contribution in [2.24, 2.45) is 0 Å². The summed E-state index contributed by atoms with van der Waals surface area (Å²) in [4.78, 5) is 0. The first-order chi connectivity index (χ1) is 7.89. The van der Waals surface area contributed by atoms with Gasteiger partial charge >= 0.3 is 6.18 Å². The molecule has 0 saturated heterocycles. The predicted octanol–water partition coefficient (Wildman–Crippen LogP) is 3.08. The van der Waals surface area contributed by atoms with Crippen LogP contribution in [-0.4, -0.2) is 9.78 Å². The van der Waals surface area contributed by atoms with Gasteiger partial charge in [0.25, 0.3) is 0 Å².